The van der Waals surface area contributed by atoms with Gasteiger partial charge in [0.25, 0.3) is 11.8 Å². The van der Waals surface area contributed by atoms with Crippen LogP contribution in [0.25, 0.3) is 10.8 Å². The lowest BCUT2D eigenvalue weighted by Crippen LogP contribution is -2.56. The number of ether oxygens (including phenoxy) is 1. The second kappa shape index (κ2) is 16.6. The Balaban J connectivity index is 1.46. The minimum atomic E-state index is -1.32. The van der Waals surface area contributed by atoms with Gasteiger partial charge in [-0.05, 0) is 68.4 Å². The maximum Gasteiger partial charge on any atom is 0.287 e. The number of primary amides is 1. The van der Waals surface area contributed by atoms with Crippen molar-refractivity contribution in [2.45, 2.75) is 102 Å². The van der Waals surface area contributed by atoms with Crippen LogP contribution >= 0.6 is 0 Å². The standard InChI is InChI=1S/C37H49N7O7/c1-4-5-6-11-28(32(45)33(38)46)40-35(48)30-20-27(44-31(21-39-42-44)37(2,3)50)22-43(30)36(49)29(18-23-14-16-51-17-15-23)41-34(47)26-13-12-24-9-7-8-10-25(24)19-26/h7-10,12-13,19,21,23,27-30,50H,4-6,11,14-18,20,22H2,1-3H3,(H2,38,46)(H,40,48)(H,41,47)/t27-,28?,29?,30-/m0/s1. The molecule has 1 aromatic heterocycles. The number of unbranched alkanes of at least 4 members (excludes halogenated alkanes) is 2. The molecule has 274 valence electrons. The van der Waals surface area contributed by atoms with Gasteiger partial charge in [0.05, 0.1) is 24.0 Å². The van der Waals surface area contributed by atoms with Crippen LogP contribution in [0, 0.1) is 5.92 Å². The van der Waals surface area contributed by atoms with E-state index < -0.39 is 59.2 Å². The molecule has 3 aromatic rings. The summed E-state index contributed by atoms with van der Waals surface area (Å²) < 4.78 is 7.07. The molecule has 5 rings (SSSR count). The maximum atomic E-state index is 14.7. The van der Waals surface area contributed by atoms with E-state index in [0.717, 1.165) is 23.6 Å². The molecule has 4 atom stereocenters. The number of amides is 4. The average Bonchev–Trinajstić information content (AvgIpc) is 3.79. The number of carbonyl (C=O) groups excluding carboxylic acids is 5. The summed E-state index contributed by atoms with van der Waals surface area (Å²) in [6.07, 6.45) is 5.71. The summed E-state index contributed by atoms with van der Waals surface area (Å²) in [4.78, 5) is 68.7. The topological polar surface area (TPSA) is 199 Å². The normalized spacial score (nSPS) is 19.4. The van der Waals surface area contributed by atoms with Gasteiger partial charge in [-0.25, -0.2) is 4.68 Å². The summed E-state index contributed by atoms with van der Waals surface area (Å²) in [5, 5.41) is 26.6. The third-order valence-electron chi connectivity index (χ3n) is 9.91. The highest BCUT2D eigenvalue weighted by Crippen LogP contribution is 2.33. The molecule has 2 aliphatic rings. The first-order valence-electron chi connectivity index (χ1n) is 17.8. The Kier molecular flexibility index (Phi) is 12.2. The second-order valence-corrected chi connectivity index (χ2v) is 14.2. The molecule has 0 spiro atoms. The molecule has 2 aliphatic heterocycles. The van der Waals surface area contributed by atoms with Crippen LogP contribution in [0.15, 0.2) is 48.7 Å². The summed E-state index contributed by atoms with van der Waals surface area (Å²) in [5.74, 6) is -3.49. The fraction of sp³-hybridized carbons (Fsp3) is 0.541. The van der Waals surface area contributed by atoms with Gasteiger partial charge in [-0.3, -0.25) is 24.0 Å². The van der Waals surface area contributed by atoms with Gasteiger partial charge in [-0.1, -0.05) is 61.7 Å². The number of aliphatic hydroxyl groups is 1. The Bertz CT molecular complexity index is 1730. The molecule has 4 amide bonds. The molecular formula is C37H49N7O7. The van der Waals surface area contributed by atoms with Crippen LogP contribution in [0.2, 0.25) is 0 Å². The Labute approximate surface area is 297 Å². The van der Waals surface area contributed by atoms with Crippen molar-refractivity contribution in [3.05, 3.63) is 59.9 Å². The van der Waals surface area contributed by atoms with Crippen LogP contribution in [0.5, 0.6) is 0 Å². The molecular weight excluding hydrogens is 654 g/mol. The van der Waals surface area contributed by atoms with Gasteiger partial charge in [0.1, 0.15) is 17.7 Å². The Morgan fingerprint density at radius 1 is 1.02 bits per heavy atom. The number of hydrogen-bond donors (Lipinski definition) is 4. The van der Waals surface area contributed by atoms with Crippen LogP contribution < -0.4 is 16.4 Å². The van der Waals surface area contributed by atoms with E-state index in [-0.39, 0.29) is 25.3 Å². The summed E-state index contributed by atoms with van der Waals surface area (Å²) in [5.41, 5.74) is 4.81. The molecule has 14 nitrogen and oxygen atoms in total. The van der Waals surface area contributed by atoms with Gasteiger partial charge in [0.2, 0.25) is 17.6 Å². The van der Waals surface area contributed by atoms with E-state index in [4.69, 9.17) is 10.5 Å². The van der Waals surface area contributed by atoms with Crippen molar-refractivity contribution in [3.63, 3.8) is 0 Å². The summed E-state index contributed by atoms with van der Waals surface area (Å²) in [6, 6.07) is 9.22. The number of fused-ring (bicyclic) bond motifs is 1. The third-order valence-corrected chi connectivity index (χ3v) is 9.91. The lowest BCUT2D eigenvalue weighted by molar-refractivity contribution is -0.142. The van der Waals surface area contributed by atoms with E-state index in [1.54, 1.807) is 26.0 Å². The zero-order chi connectivity index (χ0) is 36.7. The van der Waals surface area contributed by atoms with Gasteiger partial charge in [0, 0.05) is 31.7 Å². The number of aromatic nitrogens is 3. The lowest BCUT2D eigenvalue weighted by atomic mass is 9.91. The zero-order valence-electron chi connectivity index (χ0n) is 29.5. The van der Waals surface area contributed by atoms with Crippen molar-refractivity contribution in [3.8, 4) is 0 Å². The fourth-order valence-corrected chi connectivity index (χ4v) is 7.05. The smallest absolute Gasteiger partial charge is 0.287 e. The molecule has 2 unspecified atom stereocenters. The zero-order valence-corrected chi connectivity index (χ0v) is 29.5. The minimum Gasteiger partial charge on any atom is -0.384 e. The number of carbonyl (C=O) groups is 5. The SMILES string of the molecule is CCCCCC(NC(=O)[C@@H]1C[C@H](n2nncc2C(C)(C)O)CN1C(=O)C(CC1CCOCC1)NC(=O)c1ccc2ccccc2c1)C(=O)C(N)=O. The maximum absolute atomic E-state index is 14.7. The van der Waals surface area contributed by atoms with Gasteiger partial charge in [0.15, 0.2) is 0 Å². The highest BCUT2D eigenvalue weighted by molar-refractivity contribution is 6.37. The Morgan fingerprint density at radius 2 is 1.75 bits per heavy atom. The van der Waals surface area contributed by atoms with Gasteiger partial charge in [-0.15, -0.1) is 5.10 Å². The predicted molar refractivity (Wildman–Crippen MR) is 188 cm³/mol. The van der Waals surface area contributed by atoms with Crippen LogP contribution in [0.4, 0.5) is 0 Å². The van der Waals surface area contributed by atoms with E-state index in [9.17, 15) is 29.1 Å². The van der Waals surface area contributed by atoms with Crippen LogP contribution in [0.1, 0.15) is 94.2 Å². The van der Waals surface area contributed by atoms with E-state index in [1.165, 1.54) is 15.8 Å². The highest BCUT2D eigenvalue weighted by atomic mass is 16.5. The summed E-state index contributed by atoms with van der Waals surface area (Å²) in [7, 11) is 0. The molecule has 0 saturated carbocycles. The number of Topliss-reactive ketones (excluding diaryl/α,β-unsaturated/α-hetero) is 1. The minimum absolute atomic E-state index is 0.0176. The number of rotatable bonds is 15. The highest BCUT2D eigenvalue weighted by Gasteiger charge is 2.45. The van der Waals surface area contributed by atoms with Crippen molar-refractivity contribution in [2.75, 3.05) is 19.8 Å². The monoisotopic (exact) mass is 703 g/mol. The number of likely N-dealkylation sites (tertiary alicyclic amines) is 1. The van der Waals surface area contributed by atoms with Gasteiger partial charge in [-0.2, -0.15) is 0 Å². The van der Waals surface area contributed by atoms with Crippen molar-refractivity contribution in [1.29, 1.82) is 0 Å². The molecule has 0 aliphatic carbocycles. The Morgan fingerprint density at radius 3 is 2.43 bits per heavy atom. The van der Waals surface area contributed by atoms with Crippen molar-refractivity contribution < 1.29 is 33.8 Å². The predicted octanol–water partition coefficient (Wildman–Crippen LogP) is 2.54. The summed E-state index contributed by atoms with van der Waals surface area (Å²) >= 11 is 0. The van der Waals surface area contributed by atoms with Gasteiger partial charge >= 0.3 is 0 Å². The first kappa shape index (κ1) is 37.6. The number of nitrogens with zero attached hydrogens (tertiary/aromatic N) is 4. The second-order valence-electron chi connectivity index (χ2n) is 14.2. The van der Waals surface area contributed by atoms with Crippen LogP contribution in [0.3, 0.4) is 0 Å². The molecule has 0 radical (unpaired) electrons. The van der Waals surface area contributed by atoms with Crippen molar-refractivity contribution in [1.82, 2.24) is 30.5 Å². The lowest BCUT2D eigenvalue weighted by Gasteiger charge is -2.32. The first-order valence-corrected chi connectivity index (χ1v) is 17.8. The first-order chi connectivity index (χ1) is 24.4. The molecule has 2 aromatic carbocycles. The van der Waals surface area contributed by atoms with Crippen LogP contribution in [-0.4, -0.2) is 92.3 Å². The molecule has 51 heavy (non-hydrogen) atoms. The summed E-state index contributed by atoms with van der Waals surface area (Å²) in [6.45, 7) is 6.28. The number of nitrogens with two attached hydrogens (primary N) is 1. The number of ketones is 1. The number of benzene rings is 2. The molecule has 2 fully saturated rings. The van der Waals surface area contributed by atoms with E-state index in [2.05, 4.69) is 20.9 Å². The molecule has 14 heteroatoms. The molecule has 0 bridgehead atoms. The molecule has 3 heterocycles. The van der Waals surface area contributed by atoms with Crippen LogP contribution in [-0.2, 0) is 29.5 Å². The fourth-order valence-electron chi connectivity index (χ4n) is 7.05. The van der Waals surface area contributed by atoms with E-state index >= 15 is 0 Å². The van der Waals surface area contributed by atoms with Gasteiger partial charge < -0.3 is 31.1 Å². The number of nitrogens with one attached hydrogen (secondary N) is 2. The third kappa shape index (κ3) is 9.16. The van der Waals surface area contributed by atoms with Crippen molar-refractivity contribution in [2.24, 2.45) is 11.7 Å². The molecule has 5 N–H and O–H groups in total. The van der Waals surface area contributed by atoms with E-state index in [1.807, 2.05) is 37.3 Å². The molecule has 2 saturated heterocycles. The van der Waals surface area contributed by atoms with E-state index in [0.29, 0.717) is 50.2 Å². The Hall–Kier alpha value is -4.69. The number of hydrogen-bond acceptors (Lipinski definition) is 9. The average molecular weight is 704 g/mol. The largest absolute Gasteiger partial charge is 0.384 e. The quantitative estimate of drug-likeness (QED) is 0.136. The van der Waals surface area contributed by atoms with Crippen molar-refractivity contribution >= 4 is 40.2 Å².